The lowest BCUT2D eigenvalue weighted by Crippen LogP contribution is -2.33. The number of halogens is 2. The van der Waals surface area contributed by atoms with Gasteiger partial charge in [-0.15, -0.1) is 0 Å². The van der Waals surface area contributed by atoms with E-state index in [2.05, 4.69) is 10.6 Å². The van der Waals surface area contributed by atoms with Crippen LogP contribution in [0.2, 0.25) is 10.0 Å². The molecule has 5 nitrogen and oxygen atoms in total. The molecule has 2 aromatic rings. The highest BCUT2D eigenvalue weighted by atomic mass is 35.5. The molecule has 2 N–H and O–H groups in total. The second kappa shape index (κ2) is 9.57. The summed E-state index contributed by atoms with van der Waals surface area (Å²) in [5.74, 6) is -0.277. The molecule has 0 aliphatic rings. The summed E-state index contributed by atoms with van der Waals surface area (Å²) in [5, 5.41) is 6.70. The zero-order valence-electron chi connectivity index (χ0n) is 14.7. The second-order valence-electron chi connectivity index (χ2n) is 5.81. The third kappa shape index (κ3) is 6.02. The molecule has 0 saturated carbocycles. The molecule has 0 saturated heterocycles. The van der Waals surface area contributed by atoms with E-state index in [1.807, 2.05) is 11.8 Å². The predicted octanol–water partition coefficient (Wildman–Crippen LogP) is 4.41. The van der Waals surface area contributed by atoms with Crippen molar-refractivity contribution in [2.24, 2.45) is 0 Å². The molecule has 2 rings (SSSR count). The van der Waals surface area contributed by atoms with E-state index in [9.17, 15) is 9.59 Å². The average Bonchev–Trinajstić information content (AvgIpc) is 2.58. The highest BCUT2D eigenvalue weighted by Gasteiger charge is 2.14. The van der Waals surface area contributed by atoms with E-state index in [0.717, 1.165) is 5.56 Å². The van der Waals surface area contributed by atoms with Gasteiger partial charge >= 0.3 is 0 Å². The summed E-state index contributed by atoms with van der Waals surface area (Å²) < 4.78 is 0. The number of hydrogen-bond donors (Lipinski definition) is 2. The number of carbonyl (C=O) groups is 2. The van der Waals surface area contributed by atoms with Crippen molar-refractivity contribution >= 4 is 46.4 Å². The molecule has 0 atom stereocenters. The first-order valence-corrected chi connectivity index (χ1v) is 8.97. The molecule has 0 radical (unpaired) electrons. The van der Waals surface area contributed by atoms with Crippen LogP contribution in [0.5, 0.6) is 0 Å². The van der Waals surface area contributed by atoms with Gasteiger partial charge in [0.25, 0.3) is 0 Å². The van der Waals surface area contributed by atoms with Crippen LogP contribution in [0.15, 0.2) is 42.5 Å². The summed E-state index contributed by atoms with van der Waals surface area (Å²) >= 11 is 12.4. The monoisotopic (exact) mass is 393 g/mol. The van der Waals surface area contributed by atoms with Crippen molar-refractivity contribution in [1.29, 1.82) is 0 Å². The Morgan fingerprint density at radius 3 is 2.00 bits per heavy atom. The summed E-state index contributed by atoms with van der Waals surface area (Å²) in [7, 11) is 0. The first-order valence-electron chi connectivity index (χ1n) is 8.21. The molecule has 7 heteroatoms. The summed E-state index contributed by atoms with van der Waals surface area (Å²) in [6.07, 6.45) is 0. The lowest BCUT2D eigenvalue weighted by atomic mass is 10.2. The summed E-state index contributed by atoms with van der Waals surface area (Å²) in [6.45, 7) is 4.80. The first-order chi connectivity index (χ1) is 12.4. The Balaban J connectivity index is 1.95. The van der Waals surface area contributed by atoms with Gasteiger partial charge in [0.05, 0.1) is 6.54 Å². The van der Waals surface area contributed by atoms with Gasteiger partial charge in [-0.05, 0) is 42.9 Å². The number of nitrogens with one attached hydrogen (secondary N) is 2. The Kier molecular flexibility index (Phi) is 7.45. The van der Waals surface area contributed by atoms with Crippen LogP contribution < -0.4 is 10.6 Å². The Morgan fingerprint density at radius 2 is 1.50 bits per heavy atom. The fourth-order valence-electron chi connectivity index (χ4n) is 2.43. The lowest BCUT2D eigenvalue weighted by Gasteiger charge is -2.21. The van der Waals surface area contributed by atoms with E-state index in [4.69, 9.17) is 23.2 Å². The maximum atomic E-state index is 12.3. The van der Waals surface area contributed by atoms with Gasteiger partial charge in [-0.3, -0.25) is 14.5 Å². The van der Waals surface area contributed by atoms with Gasteiger partial charge in [-0.2, -0.15) is 0 Å². The number of rotatable bonds is 7. The SMILES string of the molecule is CCN(CC(=O)Nc1ccc(NC(C)=O)cc1)Cc1c(Cl)cccc1Cl. The minimum absolute atomic E-state index is 0.137. The predicted molar refractivity (Wildman–Crippen MR) is 107 cm³/mol. The zero-order chi connectivity index (χ0) is 19.1. The second-order valence-corrected chi connectivity index (χ2v) is 6.62. The Labute approximate surface area is 163 Å². The smallest absolute Gasteiger partial charge is 0.238 e. The number of nitrogens with zero attached hydrogens (tertiary/aromatic N) is 1. The Bertz CT molecular complexity index is 759. The standard InChI is InChI=1S/C19H21Cl2N3O2/c1-3-24(11-16-17(20)5-4-6-18(16)21)12-19(26)23-15-9-7-14(8-10-15)22-13(2)25/h4-10H,3,11-12H2,1-2H3,(H,22,25)(H,23,26). The maximum Gasteiger partial charge on any atom is 0.238 e. The van der Waals surface area contributed by atoms with E-state index in [0.29, 0.717) is 34.5 Å². The number of benzene rings is 2. The highest BCUT2D eigenvalue weighted by Crippen LogP contribution is 2.25. The highest BCUT2D eigenvalue weighted by molar-refractivity contribution is 6.35. The molecule has 0 aliphatic heterocycles. The third-order valence-electron chi connectivity index (χ3n) is 3.75. The molecule has 0 aromatic heterocycles. The minimum atomic E-state index is -0.140. The normalized spacial score (nSPS) is 10.7. The molecule has 0 heterocycles. The molecule has 26 heavy (non-hydrogen) atoms. The number of hydrogen-bond acceptors (Lipinski definition) is 3. The van der Waals surface area contributed by atoms with Gasteiger partial charge in [0.1, 0.15) is 0 Å². The quantitative estimate of drug-likeness (QED) is 0.731. The molecule has 2 aromatic carbocycles. The van der Waals surface area contributed by atoms with E-state index in [1.165, 1.54) is 6.92 Å². The van der Waals surface area contributed by atoms with Crippen molar-refractivity contribution in [3.63, 3.8) is 0 Å². The fourth-order valence-corrected chi connectivity index (χ4v) is 2.95. The lowest BCUT2D eigenvalue weighted by molar-refractivity contribution is -0.117. The van der Waals surface area contributed by atoms with Gasteiger partial charge in [0, 0.05) is 40.5 Å². The van der Waals surface area contributed by atoms with Crippen LogP contribution in [0.1, 0.15) is 19.4 Å². The van der Waals surface area contributed by atoms with Crippen LogP contribution in [0.3, 0.4) is 0 Å². The fraction of sp³-hybridized carbons (Fsp3) is 0.263. The Hall–Kier alpha value is -2.08. The number of carbonyl (C=O) groups excluding carboxylic acids is 2. The number of likely N-dealkylation sites (N-methyl/N-ethyl adjacent to an activating group) is 1. The van der Waals surface area contributed by atoms with Crippen LogP contribution in [0.4, 0.5) is 11.4 Å². The van der Waals surface area contributed by atoms with Crippen LogP contribution >= 0.6 is 23.2 Å². The van der Waals surface area contributed by atoms with Gasteiger partial charge in [-0.1, -0.05) is 36.2 Å². The third-order valence-corrected chi connectivity index (χ3v) is 4.46. The van der Waals surface area contributed by atoms with E-state index in [1.54, 1.807) is 42.5 Å². The van der Waals surface area contributed by atoms with E-state index >= 15 is 0 Å². The van der Waals surface area contributed by atoms with Crippen molar-refractivity contribution in [2.75, 3.05) is 23.7 Å². The van der Waals surface area contributed by atoms with Crippen LogP contribution in [-0.4, -0.2) is 29.8 Å². The van der Waals surface area contributed by atoms with Crippen molar-refractivity contribution in [2.45, 2.75) is 20.4 Å². The van der Waals surface area contributed by atoms with Crippen molar-refractivity contribution < 1.29 is 9.59 Å². The molecule has 0 spiro atoms. The molecule has 0 bridgehead atoms. The van der Waals surface area contributed by atoms with Crippen LogP contribution in [0.25, 0.3) is 0 Å². The first kappa shape index (κ1) is 20.2. The van der Waals surface area contributed by atoms with Crippen molar-refractivity contribution in [3.05, 3.63) is 58.1 Å². The van der Waals surface area contributed by atoms with Gasteiger partial charge in [0.15, 0.2) is 0 Å². The summed E-state index contributed by atoms with van der Waals surface area (Å²) in [6, 6.07) is 12.3. The molecular weight excluding hydrogens is 373 g/mol. The van der Waals surface area contributed by atoms with Gasteiger partial charge in [0.2, 0.25) is 11.8 Å². The zero-order valence-corrected chi connectivity index (χ0v) is 16.2. The minimum Gasteiger partial charge on any atom is -0.326 e. The summed E-state index contributed by atoms with van der Waals surface area (Å²) in [5.41, 5.74) is 2.15. The molecular formula is C19H21Cl2N3O2. The average molecular weight is 394 g/mol. The van der Waals surface area contributed by atoms with Gasteiger partial charge < -0.3 is 10.6 Å². The number of anilines is 2. The molecule has 0 fully saturated rings. The largest absolute Gasteiger partial charge is 0.326 e. The summed E-state index contributed by atoms with van der Waals surface area (Å²) in [4.78, 5) is 25.3. The van der Waals surface area contributed by atoms with E-state index in [-0.39, 0.29) is 18.4 Å². The van der Waals surface area contributed by atoms with Crippen molar-refractivity contribution in [3.8, 4) is 0 Å². The van der Waals surface area contributed by atoms with Crippen LogP contribution in [-0.2, 0) is 16.1 Å². The van der Waals surface area contributed by atoms with Crippen molar-refractivity contribution in [1.82, 2.24) is 4.90 Å². The molecule has 0 aliphatic carbocycles. The topological polar surface area (TPSA) is 61.4 Å². The number of amides is 2. The maximum absolute atomic E-state index is 12.3. The molecule has 0 unspecified atom stereocenters. The Morgan fingerprint density at radius 1 is 0.962 bits per heavy atom. The van der Waals surface area contributed by atoms with Crippen LogP contribution in [0, 0.1) is 0 Å². The van der Waals surface area contributed by atoms with E-state index < -0.39 is 0 Å². The molecule has 2 amide bonds. The molecule has 138 valence electrons. The van der Waals surface area contributed by atoms with Gasteiger partial charge in [-0.25, -0.2) is 0 Å².